The number of ketones is 1. The largest absolute Gasteiger partial charge is 0.395 e. The molecule has 3 aliphatic rings. The number of carbonyl (C=O) groups excluding carboxylic acids is 1. The Bertz CT molecular complexity index is 1290. The molecule has 1 saturated carbocycles. The lowest BCUT2D eigenvalue weighted by molar-refractivity contribution is -0.192. The van der Waals surface area contributed by atoms with Crippen LogP contribution in [0.25, 0.3) is 22.2 Å². The van der Waals surface area contributed by atoms with E-state index in [1.165, 1.54) is 6.42 Å². The Morgan fingerprint density at radius 3 is 2.56 bits per heavy atom. The van der Waals surface area contributed by atoms with Gasteiger partial charge in [0.25, 0.3) is 0 Å². The van der Waals surface area contributed by atoms with Crippen molar-refractivity contribution in [1.82, 2.24) is 24.4 Å². The first-order chi connectivity index (χ1) is 17.3. The molecule has 190 valence electrons. The summed E-state index contributed by atoms with van der Waals surface area (Å²) in [5.74, 6) is 1.11. The minimum absolute atomic E-state index is 0.0688. The van der Waals surface area contributed by atoms with Crippen LogP contribution in [0.5, 0.6) is 0 Å². The molecule has 5 heterocycles. The lowest BCUT2D eigenvalue weighted by Gasteiger charge is -2.34. The van der Waals surface area contributed by atoms with Gasteiger partial charge >= 0.3 is 6.18 Å². The molecular weight excluding hydrogens is 467 g/mol. The van der Waals surface area contributed by atoms with Gasteiger partial charge in [-0.15, -0.1) is 0 Å². The molecule has 6 rings (SSSR count). The van der Waals surface area contributed by atoms with Gasteiger partial charge in [0.05, 0.1) is 29.0 Å². The molecule has 0 N–H and O–H groups in total. The van der Waals surface area contributed by atoms with Crippen LogP contribution in [0.3, 0.4) is 0 Å². The Morgan fingerprint density at radius 1 is 1.00 bits per heavy atom. The predicted octanol–water partition coefficient (Wildman–Crippen LogP) is 5.00. The number of fused-ring (bicyclic) bond motifs is 2. The summed E-state index contributed by atoms with van der Waals surface area (Å²) in [7, 11) is 0. The number of nitrogens with zero attached hydrogens (tertiary/aromatic N) is 5. The van der Waals surface area contributed by atoms with Gasteiger partial charge in [0.1, 0.15) is 11.6 Å². The first kappa shape index (κ1) is 23.6. The van der Waals surface area contributed by atoms with Crippen molar-refractivity contribution in [2.24, 2.45) is 11.3 Å². The molecule has 3 aromatic rings. The minimum atomic E-state index is -4.13. The predicted molar refractivity (Wildman–Crippen MR) is 129 cm³/mol. The normalized spacial score (nSPS) is 20.4. The number of aryl methyl sites for hydroxylation is 1. The molecule has 2 aliphatic heterocycles. The number of halogens is 3. The number of carbonyl (C=O) groups is 1. The van der Waals surface area contributed by atoms with Gasteiger partial charge in [-0.1, -0.05) is 0 Å². The average molecular weight is 498 g/mol. The third-order valence-corrected chi connectivity index (χ3v) is 8.27. The number of Topliss-reactive ketones (excluding diaryl/α,β-unsaturated/α-hetero) is 1. The SMILES string of the molecule is O=C(Cc1cc2cc(-c3cnc4n3CCCC4)cnc2cn1)C1CCN(CC2(C(F)(F)F)CC2)CC1. The molecule has 0 spiro atoms. The number of likely N-dealkylation sites (tertiary alicyclic amines) is 1. The zero-order valence-corrected chi connectivity index (χ0v) is 20.2. The van der Waals surface area contributed by atoms with Crippen LogP contribution in [0, 0.1) is 11.3 Å². The Balaban J connectivity index is 1.11. The second kappa shape index (κ2) is 8.94. The molecular formula is C27H30F3N5O. The van der Waals surface area contributed by atoms with E-state index in [1.54, 1.807) is 6.20 Å². The molecule has 3 aromatic heterocycles. The average Bonchev–Trinajstić information content (AvgIpc) is 3.54. The second-order valence-corrected chi connectivity index (χ2v) is 10.7. The topological polar surface area (TPSA) is 63.9 Å². The Hall–Kier alpha value is -2.81. The van der Waals surface area contributed by atoms with Crippen LogP contribution in [-0.2, 0) is 24.2 Å². The molecule has 0 bridgehead atoms. The van der Waals surface area contributed by atoms with Gasteiger partial charge in [-0.3, -0.25) is 14.8 Å². The lowest BCUT2D eigenvalue weighted by atomic mass is 9.89. The van der Waals surface area contributed by atoms with Crippen molar-refractivity contribution >= 4 is 16.7 Å². The number of aromatic nitrogens is 4. The van der Waals surface area contributed by atoms with Crippen molar-refractivity contribution < 1.29 is 18.0 Å². The fourth-order valence-electron chi connectivity index (χ4n) is 5.81. The standard InChI is InChI=1S/C27H30F3N5O/c28-27(29,30)26(6-7-26)17-34-9-4-18(5-10-34)24(36)13-21-12-19-11-20(14-32-22(19)15-31-21)23-16-33-25-3-1-2-8-35(23)25/h11-12,14-16,18H,1-10,13,17H2. The Kier molecular flexibility index (Phi) is 5.85. The van der Waals surface area contributed by atoms with E-state index in [0.717, 1.165) is 47.4 Å². The summed E-state index contributed by atoms with van der Waals surface area (Å²) in [6, 6.07) is 4.02. The van der Waals surface area contributed by atoms with Gasteiger partial charge in [0.15, 0.2) is 0 Å². The van der Waals surface area contributed by atoms with E-state index in [0.29, 0.717) is 31.6 Å². The van der Waals surface area contributed by atoms with Crippen molar-refractivity contribution in [2.75, 3.05) is 19.6 Å². The Morgan fingerprint density at radius 2 is 1.81 bits per heavy atom. The van der Waals surface area contributed by atoms with Crippen LogP contribution in [0.1, 0.15) is 50.0 Å². The zero-order chi connectivity index (χ0) is 24.9. The summed E-state index contributed by atoms with van der Waals surface area (Å²) < 4.78 is 42.1. The van der Waals surface area contributed by atoms with E-state index in [-0.39, 0.29) is 37.5 Å². The van der Waals surface area contributed by atoms with E-state index in [4.69, 9.17) is 0 Å². The highest BCUT2D eigenvalue weighted by Crippen LogP contribution is 2.58. The summed E-state index contributed by atoms with van der Waals surface area (Å²) in [5, 5.41) is 0.938. The molecule has 0 amide bonds. The van der Waals surface area contributed by atoms with Crippen molar-refractivity contribution in [3.63, 3.8) is 0 Å². The van der Waals surface area contributed by atoms with E-state index < -0.39 is 11.6 Å². The number of piperidine rings is 1. The molecule has 0 aromatic carbocycles. The van der Waals surface area contributed by atoms with Gasteiger partial charge < -0.3 is 9.47 Å². The number of imidazole rings is 1. The maximum Gasteiger partial charge on any atom is 0.395 e. The van der Waals surface area contributed by atoms with Gasteiger partial charge in [0, 0.05) is 54.7 Å². The third-order valence-electron chi connectivity index (χ3n) is 8.27. The van der Waals surface area contributed by atoms with Gasteiger partial charge in [-0.05, 0) is 63.7 Å². The highest BCUT2D eigenvalue weighted by Gasteiger charge is 2.63. The maximum absolute atomic E-state index is 13.3. The van der Waals surface area contributed by atoms with Crippen LogP contribution in [-0.4, -0.2) is 56.0 Å². The van der Waals surface area contributed by atoms with Crippen molar-refractivity contribution in [2.45, 2.75) is 64.1 Å². The highest BCUT2D eigenvalue weighted by molar-refractivity contribution is 5.86. The fraction of sp³-hybridized carbons (Fsp3) is 0.556. The number of rotatable bonds is 6. The van der Waals surface area contributed by atoms with Crippen LogP contribution < -0.4 is 0 Å². The lowest BCUT2D eigenvalue weighted by Crippen LogP contribution is -2.43. The number of pyridine rings is 2. The molecule has 0 unspecified atom stereocenters. The quantitative estimate of drug-likeness (QED) is 0.480. The van der Waals surface area contributed by atoms with E-state index in [9.17, 15) is 18.0 Å². The van der Waals surface area contributed by atoms with Gasteiger partial charge in [-0.2, -0.15) is 13.2 Å². The summed E-state index contributed by atoms with van der Waals surface area (Å²) in [6.07, 6.45) is 6.57. The van der Waals surface area contributed by atoms with Gasteiger partial charge in [0.2, 0.25) is 0 Å². The summed E-state index contributed by atoms with van der Waals surface area (Å²) in [5.41, 5.74) is 2.05. The van der Waals surface area contributed by atoms with Gasteiger partial charge in [-0.25, -0.2) is 4.98 Å². The number of hydrogen-bond donors (Lipinski definition) is 0. The van der Waals surface area contributed by atoms with Crippen LogP contribution in [0.15, 0.2) is 30.7 Å². The van der Waals surface area contributed by atoms with Crippen LogP contribution in [0.4, 0.5) is 13.2 Å². The summed E-state index contributed by atoms with van der Waals surface area (Å²) in [4.78, 5) is 28.5. The molecule has 2 fully saturated rings. The second-order valence-electron chi connectivity index (χ2n) is 10.7. The van der Waals surface area contributed by atoms with E-state index >= 15 is 0 Å². The molecule has 9 heteroatoms. The molecule has 36 heavy (non-hydrogen) atoms. The van der Waals surface area contributed by atoms with E-state index in [2.05, 4.69) is 25.6 Å². The third kappa shape index (κ3) is 4.42. The molecule has 1 aliphatic carbocycles. The maximum atomic E-state index is 13.3. The minimum Gasteiger partial charge on any atom is -0.328 e. The number of alkyl halides is 3. The fourth-order valence-corrected chi connectivity index (χ4v) is 5.81. The molecule has 0 atom stereocenters. The van der Waals surface area contributed by atoms with Crippen molar-refractivity contribution in [1.29, 1.82) is 0 Å². The number of hydrogen-bond acceptors (Lipinski definition) is 5. The van der Waals surface area contributed by atoms with Crippen LogP contribution in [0.2, 0.25) is 0 Å². The Labute approximate surface area is 207 Å². The summed E-state index contributed by atoms with van der Waals surface area (Å²) in [6.45, 7) is 2.12. The first-order valence-corrected chi connectivity index (χ1v) is 12.9. The first-order valence-electron chi connectivity index (χ1n) is 12.9. The zero-order valence-electron chi connectivity index (χ0n) is 20.2. The molecule has 0 radical (unpaired) electrons. The monoisotopic (exact) mass is 497 g/mol. The molecule has 1 saturated heterocycles. The van der Waals surface area contributed by atoms with Crippen LogP contribution >= 0.6 is 0 Å². The van der Waals surface area contributed by atoms with Crippen molar-refractivity contribution in [3.05, 3.63) is 42.2 Å². The summed E-state index contributed by atoms with van der Waals surface area (Å²) >= 11 is 0. The van der Waals surface area contributed by atoms with E-state index in [1.807, 2.05) is 23.4 Å². The van der Waals surface area contributed by atoms with Crippen molar-refractivity contribution in [3.8, 4) is 11.3 Å². The molecule has 6 nitrogen and oxygen atoms in total. The smallest absolute Gasteiger partial charge is 0.328 e. The highest BCUT2D eigenvalue weighted by atomic mass is 19.4.